The zero-order chi connectivity index (χ0) is 18.8. The summed E-state index contributed by atoms with van der Waals surface area (Å²) < 4.78 is 2.44. The summed E-state index contributed by atoms with van der Waals surface area (Å²) in [6.45, 7) is 1.91. The average Bonchev–Trinajstić information content (AvgIpc) is 2.97. The van der Waals surface area contributed by atoms with Gasteiger partial charge in [0.05, 0.1) is 17.7 Å². The molecular formula is C18H18BrN5O2. The second-order valence-electron chi connectivity index (χ2n) is 6.11. The molecule has 0 spiro atoms. The van der Waals surface area contributed by atoms with Crippen LogP contribution < -0.4 is 5.32 Å². The summed E-state index contributed by atoms with van der Waals surface area (Å²) in [5.41, 5.74) is 3.69. The molecule has 0 atom stereocenters. The topological polar surface area (TPSA) is 80.1 Å². The minimum atomic E-state index is -0.272. The number of nitrogens with one attached hydrogen (secondary N) is 1. The highest BCUT2D eigenvalue weighted by molar-refractivity contribution is 9.10. The summed E-state index contributed by atoms with van der Waals surface area (Å²) in [5.74, 6) is -0.526. The van der Waals surface area contributed by atoms with E-state index in [1.807, 2.05) is 25.1 Å². The summed E-state index contributed by atoms with van der Waals surface area (Å²) in [4.78, 5) is 26.2. The van der Waals surface area contributed by atoms with Gasteiger partial charge in [-0.05, 0) is 58.7 Å². The van der Waals surface area contributed by atoms with Crippen LogP contribution in [0.5, 0.6) is 0 Å². The van der Waals surface area contributed by atoms with Crippen molar-refractivity contribution in [2.24, 2.45) is 7.05 Å². The Labute approximate surface area is 159 Å². The molecule has 3 rings (SSSR count). The minimum Gasteiger partial charge on any atom is -0.332 e. The maximum absolute atomic E-state index is 12.6. The van der Waals surface area contributed by atoms with Gasteiger partial charge in [0.1, 0.15) is 5.52 Å². The number of carbonyl (C=O) groups excluding carboxylic acids is 2. The standard InChI is InChI=1S/C18H18BrN5O2/c1-11-4-6-14(13(19)8-11)20-17(25)10-23(2)18(26)12-5-7-16-15(9-12)21-22-24(16)3/h4-9H,10H2,1-3H3,(H,20,25). The number of aromatic nitrogens is 3. The van der Waals surface area contributed by atoms with Crippen LogP contribution >= 0.6 is 15.9 Å². The fourth-order valence-electron chi connectivity index (χ4n) is 2.59. The molecular weight excluding hydrogens is 398 g/mol. The van der Waals surface area contributed by atoms with Crippen molar-refractivity contribution in [3.05, 3.63) is 52.0 Å². The molecule has 0 aliphatic heterocycles. The Morgan fingerprint density at radius 2 is 2.00 bits per heavy atom. The van der Waals surface area contributed by atoms with E-state index < -0.39 is 0 Å². The molecule has 0 aliphatic carbocycles. The van der Waals surface area contributed by atoms with Crippen LogP contribution in [-0.2, 0) is 11.8 Å². The van der Waals surface area contributed by atoms with E-state index in [4.69, 9.17) is 0 Å². The fraction of sp³-hybridized carbons (Fsp3) is 0.222. The number of hydrogen-bond donors (Lipinski definition) is 1. The lowest BCUT2D eigenvalue weighted by atomic mass is 10.1. The number of benzene rings is 2. The van der Waals surface area contributed by atoms with Gasteiger partial charge in [0, 0.05) is 24.1 Å². The van der Waals surface area contributed by atoms with Crippen molar-refractivity contribution >= 4 is 44.5 Å². The van der Waals surface area contributed by atoms with E-state index in [0.29, 0.717) is 16.8 Å². The second-order valence-corrected chi connectivity index (χ2v) is 6.96. The Kier molecular flexibility index (Phi) is 5.03. The smallest absolute Gasteiger partial charge is 0.254 e. The molecule has 2 amide bonds. The third kappa shape index (κ3) is 3.75. The summed E-state index contributed by atoms with van der Waals surface area (Å²) >= 11 is 3.42. The lowest BCUT2D eigenvalue weighted by Gasteiger charge is -2.17. The Morgan fingerprint density at radius 3 is 2.73 bits per heavy atom. The van der Waals surface area contributed by atoms with E-state index in [0.717, 1.165) is 15.6 Å². The summed E-state index contributed by atoms with van der Waals surface area (Å²) in [5, 5.41) is 10.7. The first-order valence-corrected chi connectivity index (χ1v) is 8.75. The largest absolute Gasteiger partial charge is 0.332 e. The number of anilines is 1. The van der Waals surface area contributed by atoms with Gasteiger partial charge in [-0.3, -0.25) is 9.59 Å². The van der Waals surface area contributed by atoms with Crippen molar-refractivity contribution in [1.82, 2.24) is 19.9 Å². The van der Waals surface area contributed by atoms with E-state index in [2.05, 4.69) is 31.6 Å². The SMILES string of the molecule is Cc1ccc(NC(=O)CN(C)C(=O)c2ccc3c(c2)nnn3C)c(Br)c1. The Hall–Kier alpha value is -2.74. The van der Waals surface area contributed by atoms with Crippen LogP contribution in [0.15, 0.2) is 40.9 Å². The number of likely N-dealkylation sites (N-methyl/N-ethyl adjacent to an activating group) is 1. The van der Waals surface area contributed by atoms with E-state index in [-0.39, 0.29) is 18.4 Å². The molecule has 0 fully saturated rings. The maximum Gasteiger partial charge on any atom is 0.254 e. The van der Waals surface area contributed by atoms with Gasteiger partial charge in [0.25, 0.3) is 5.91 Å². The van der Waals surface area contributed by atoms with Gasteiger partial charge in [-0.2, -0.15) is 0 Å². The van der Waals surface area contributed by atoms with Crippen LogP contribution in [0.3, 0.4) is 0 Å². The van der Waals surface area contributed by atoms with Crippen LogP contribution in [0.2, 0.25) is 0 Å². The van der Waals surface area contributed by atoms with Crippen molar-refractivity contribution in [2.75, 3.05) is 18.9 Å². The number of rotatable bonds is 4. The molecule has 0 unspecified atom stereocenters. The molecule has 1 N–H and O–H groups in total. The molecule has 1 aromatic heterocycles. The van der Waals surface area contributed by atoms with Crippen LogP contribution in [0, 0.1) is 6.92 Å². The monoisotopic (exact) mass is 415 g/mol. The first-order chi connectivity index (χ1) is 12.3. The number of carbonyl (C=O) groups is 2. The molecule has 7 nitrogen and oxygen atoms in total. The summed E-state index contributed by atoms with van der Waals surface area (Å²) in [6, 6.07) is 10.8. The highest BCUT2D eigenvalue weighted by atomic mass is 79.9. The highest BCUT2D eigenvalue weighted by Crippen LogP contribution is 2.23. The normalized spacial score (nSPS) is 10.8. The fourth-order valence-corrected chi connectivity index (χ4v) is 3.18. The second kappa shape index (κ2) is 7.25. The Balaban J connectivity index is 1.68. The molecule has 1 heterocycles. The van der Waals surface area contributed by atoms with Crippen LogP contribution in [-0.4, -0.2) is 45.3 Å². The molecule has 0 radical (unpaired) electrons. The van der Waals surface area contributed by atoms with Crippen molar-refractivity contribution in [2.45, 2.75) is 6.92 Å². The molecule has 0 bridgehead atoms. The number of amides is 2. The van der Waals surface area contributed by atoms with E-state index >= 15 is 0 Å². The Bertz CT molecular complexity index is 998. The average molecular weight is 416 g/mol. The van der Waals surface area contributed by atoms with Crippen molar-refractivity contribution in [3.63, 3.8) is 0 Å². The molecule has 134 valence electrons. The number of hydrogen-bond acceptors (Lipinski definition) is 4. The molecule has 0 saturated heterocycles. The molecule has 3 aromatic rings. The van der Waals surface area contributed by atoms with Crippen molar-refractivity contribution in [3.8, 4) is 0 Å². The summed E-state index contributed by atoms with van der Waals surface area (Å²) in [7, 11) is 3.38. The van der Waals surface area contributed by atoms with Gasteiger partial charge in [0.2, 0.25) is 5.91 Å². The van der Waals surface area contributed by atoms with Crippen LogP contribution in [0.25, 0.3) is 11.0 Å². The van der Waals surface area contributed by atoms with Crippen molar-refractivity contribution in [1.29, 1.82) is 0 Å². The number of nitrogens with zero attached hydrogens (tertiary/aromatic N) is 4. The number of fused-ring (bicyclic) bond motifs is 1. The van der Waals surface area contributed by atoms with E-state index in [1.54, 1.807) is 37.0 Å². The minimum absolute atomic E-state index is 0.0579. The van der Waals surface area contributed by atoms with Crippen LogP contribution in [0.4, 0.5) is 5.69 Å². The molecule has 2 aromatic carbocycles. The first-order valence-electron chi connectivity index (χ1n) is 7.96. The van der Waals surface area contributed by atoms with E-state index in [1.165, 1.54) is 4.90 Å². The summed E-state index contributed by atoms with van der Waals surface area (Å²) in [6.07, 6.45) is 0. The first kappa shape index (κ1) is 18.1. The highest BCUT2D eigenvalue weighted by Gasteiger charge is 2.17. The maximum atomic E-state index is 12.6. The predicted octanol–water partition coefficient (Wildman–Crippen LogP) is 2.75. The third-order valence-electron chi connectivity index (χ3n) is 3.98. The predicted molar refractivity (Wildman–Crippen MR) is 103 cm³/mol. The quantitative estimate of drug-likeness (QED) is 0.710. The lowest BCUT2D eigenvalue weighted by Crippen LogP contribution is -2.35. The molecule has 0 aliphatic rings. The van der Waals surface area contributed by atoms with Gasteiger partial charge in [-0.25, -0.2) is 4.68 Å². The van der Waals surface area contributed by atoms with E-state index in [9.17, 15) is 9.59 Å². The zero-order valence-electron chi connectivity index (χ0n) is 14.7. The van der Waals surface area contributed by atoms with Crippen molar-refractivity contribution < 1.29 is 9.59 Å². The lowest BCUT2D eigenvalue weighted by molar-refractivity contribution is -0.116. The molecule has 26 heavy (non-hydrogen) atoms. The third-order valence-corrected chi connectivity index (χ3v) is 4.64. The van der Waals surface area contributed by atoms with Gasteiger partial charge in [-0.15, -0.1) is 5.10 Å². The molecule has 8 heteroatoms. The number of halogens is 1. The zero-order valence-corrected chi connectivity index (χ0v) is 16.2. The van der Waals surface area contributed by atoms with Gasteiger partial charge >= 0.3 is 0 Å². The van der Waals surface area contributed by atoms with Gasteiger partial charge in [-0.1, -0.05) is 11.3 Å². The van der Waals surface area contributed by atoms with Gasteiger partial charge < -0.3 is 10.2 Å². The van der Waals surface area contributed by atoms with Gasteiger partial charge in [0.15, 0.2) is 0 Å². The van der Waals surface area contributed by atoms with Crippen LogP contribution in [0.1, 0.15) is 15.9 Å². The Morgan fingerprint density at radius 1 is 1.23 bits per heavy atom. The number of aryl methyl sites for hydroxylation is 2. The molecule has 0 saturated carbocycles.